The number of hydrogen-bond donors (Lipinski definition) is 1. The molecule has 1 aromatic carbocycles. The first-order valence-electron chi connectivity index (χ1n) is 5.89. The number of thiazole rings is 1. The lowest BCUT2D eigenvalue weighted by Gasteiger charge is -1.99. The SMILES string of the molecule is Cc1ccccc1-c1nc2scc(CCN)n2n1. The topological polar surface area (TPSA) is 56.2 Å². The van der Waals surface area contributed by atoms with Crippen LogP contribution in [0.4, 0.5) is 0 Å². The van der Waals surface area contributed by atoms with E-state index < -0.39 is 0 Å². The fourth-order valence-electron chi connectivity index (χ4n) is 1.98. The lowest BCUT2D eigenvalue weighted by molar-refractivity contribution is 0.843. The van der Waals surface area contributed by atoms with Gasteiger partial charge in [0.05, 0.1) is 5.69 Å². The zero-order chi connectivity index (χ0) is 12.5. The monoisotopic (exact) mass is 258 g/mol. The quantitative estimate of drug-likeness (QED) is 0.784. The van der Waals surface area contributed by atoms with Crippen molar-refractivity contribution in [1.29, 1.82) is 0 Å². The van der Waals surface area contributed by atoms with Crippen molar-refractivity contribution in [2.45, 2.75) is 13.3 Å². The van der Waals surface area contributed by atoms with E-state index in [0.717, 1.165) is 28.5 Å². The van der Waals surface area contributed by atoms with E-state index in [1.54, 1.807) is 11.3 Å². The zero-order valence-corrected chi connectivity index (χ0v) is 10.9. The van der Waals surface area contributed by atoms with Crippen molar-refractivity contribution >= 4 is 16.3 Å². The Hall–Kier alpha value is -1.72. The van der Waals surface area contributed by atoms with E-state index in [-0.39, 0.29) is 0 Å². The van der Waals surface area contributed by atoms with Gasteiger partial charge in [-0.3, -0.25) is 0 Å². The van der Waals surface area contributed by atoms with E-state index >= 15 is 0 Å². The van der Waals surface area contributed by atoms with Gasteiger partial charge in [0.15, 0.2) is 5.82 Å². The number of hydrogen-bond acceptors (Lipinski definition) is 4. The van der Waals surface area contributed by atoms with Crippen molar-refractivity contribution in [2.75, 3.05) is 6.54 Å². The smallest absolute Gasteiger partial charge is 0.212 e. The summed E-state index contributed by atoms with van der Waals surface area (Å²) in [4.78, 5) is 5.50. The van der Waals surface area contributed by atoms with E-state index in [4.69, 9.17) is 5.73 Å². The number of benzene rings is 1. The van der Waals surface area contributed by atoms with Crippen LogP contribution in [-0.2, 0) is 6.42 Å². The van der Waals surface area contributed by atoms with Gasteiger partial charge in [0.2, 0.25) is 4.96 Å². The summed E-state index contributed by atoms with van der Waals surface area (Å²) in [5.41, 5.74) is 9.01. The van der Waals surface area contributed by atoms with Gasteiger partial charge in [-0.1, -0.05) is 24.3 Å². The molecule has 0 amide bonds. The molecule has 2 aromatic heterocycles. The molecule has 0 aliphatic carbocycles. The number of fused-ring (bicyclic) bond motifs is 1. The molecule has 0 saturated carbocycles. The van der Waals surface area contributed by atoms with Crippen LogP contribution in [0.2, 0.25) is 0 Å². The molecule has 0 unspecified atom stereocenters. The molecule has 4 nitrogen and oxygen atoms in total. The van der Waals surface area contributed by atoms with Crippen LogP contribution in [0.5, 0.6) is 0 Å². The third kappa shape index (κ3) is 1.81. The van der Waals surface area contributed by atoms with Crippen LogP contribution in [0, 0.1) is 6.92 Å². The maximum atomic E-state index is 5.60. The fraction of sp³-hybridized carbons (Fsp3) is 0.231. The fourth-order valence-corrected chi connectivity index (χ4v) is 2.84. The highest BCUT2D eigenvalue weighted by molar-refractivity contribution is 7.15. The molecule has 92 valence electrons. The van der Waals surface area contributed by atoms with E-state index in [2.05, 4.69) is 34.5 Å². The normalized spacial score (nSPS) is 11.2. The maximum Gasteiger partial charge on any atom is 0.212 e. The van der Waals surface area contributed by atoms with Gasteiger partial charge in [-0.2, -0.15) is 4.98 Å². The molecule has 3 rings (SSSR count). The molecule has 0 fully saturated rings. The van der Waals surface area contributed by atoms with Crippen LogP contribution >= 0.6 is 11.3 Å². The first kappa shape index (κ1) is 11.4. The molecule has 0 saturated heterocycles. The second-order valence-corrected chi connectivity index (χ2v) is 5.05. The molecule has 0 aliphatic rings. The molecular weight excluding hydrogens is 244 g/mol. The average molecular weight is 258 g/mol. The second-order valence-electron chi connectivity index (χ2n) is 4.21. The van der Waals surface area contributed by atoms with Crippen molar-refractivity contribution in [3.8, 4) is 11.4 Å². The summed E-state index contributed by atoms with van der Waals surface area (Å²) >= 11 is 1.61. The minimum Gasteiger partial charge on any atom is -0.330 e. The Morgan fingerprint density at radius 2 is 2.17 bits per heavy atom. The lowest BCUT2D eigenvalue weighted by Crippen LogP contribution is -2.05. The highest BCUT2D eigenvalue weighted by Gasteiger charge is 2.11. The molecule has 0 radical (unpaired) electrons. The van der Waals surface area contributed by atoms with Crippen LogP contribution in [0.15, 0.2) is 29.6 Å². The first-order valence-corrected chi connectivity index (χ1v) is 6.77. The number of nitrogens with zero attached hydrogens (tertiary/aromatic N) is 3. The van der Waals surface area contributed by atoms with Crippen LogP contribution in [0.25, 0.3) is 16.3 Å². The summed E-state index contributed by atoms with van der Waals surface area (Å²) in [6.45, 7) is 2.71. The number of aromatic nitrogens is 3. The molecule has 2 heterocycles. The van der Waals surface area contributed by atoms with Gasteiger partial charge < -0.3 is 5.73 Å². The van der Waals surface area contributed by atoms with Crippen molar-refractivity contribution in [2.24, 2.45) is 5.73 Å². The predicted molar refractivity (Wildman–Crippen MR) is 73.8 cm³/mol. The van der Waals surface area contributed by atoms with Gasteiger partial charge in [-0.05, 0) is 19.0 Å². The number of aryl methyl sites for hydroxylation is 1. The first-order chi connectivity index (χ1) is 8.79. The minimum atomic E-state index is 0.630. The van der Waals surface area contributed by atoms with Crippen molar-refractivity contribution in [3.63, 3.8) is 0 Å². The molecule has 18 heavy (non-hydrogen) atoms. The van der Waals surface area contributed by atoms with Crippen LogP contribution in [0.3, 0.4) is 0 Å². The Balaban J connectivity index is 2.11. The summed E-state index contributed by atoms with van der Waals surface area (Å²) in [5, 5.41) is 6.66. The second kappa shape index (κ2) is 4.51. The molecule has 0 bridgehead atoms. The molecule has 5 heteroatoms. The highest BCUT2D eigenvalue weighted by atomic mass is 32.1. The number of nitrogens with two attached hydrogens (primary N) is 1. The maximum absolute atomic E-state index is 5.60. The lowest BCUT2D eigenvalue weighted by atomic mass is 10.1. The van der Waals surface area contributed by atoms with Gasteiger partial charge in [-0.15, -0.1) is 16.4 Å². The Bertz CT molecular complexity index is 683. The summed E-state index contributed by atoms with van der Waals surface area (Å²) in [6.07, 6.45) is 0.830. The Labute approximate surface area is 109 Å². The third-order valence-corrected chi connectivity index (χ3v) is 3.80. The van der Waals surface area contributed by atoms with E-state index in [9.17, 15) is 0 Å². The summed E-state index contributed by atoms with van der Waals surface area (Å²) in [5.74, 6) is 0.790. The summed E-state index contributed by atoms with van der Waals surface area (Å²) in [6, 6.07) is 8.16. The number of rotatable bonds is 3. The predicted octanol–water partition coefficient (Wildman–Crippen LogP) is 2.27. The van der Waals surface area contributed by atoms with Gasteiger partial charge in [-0.25, -0.2) is 4.52 Å². The van der Waals surface area contributed by atoms with E-state index in [1.807, 2.05) is 16.6 Å². The summed E-state index contributed by atoms with van der Waals surface area (Å²) < 4.78 is 1.90. The molecule has 0 spiro atoms. The Morgan fingerprint density at radius 3 is 2.94 bits per heavy atom. The van der Waals surface area contributed by atoms with Crippen molar-refractivity contribution in [1.82, 2.24) is 14.6 Å². The van der Waals surface area contributed by atoms with Gasteiger partial charge in [0.25, 0.3) is 0 Å². The van der Waals surface area contributed by atoms with Gasteiger partial charge >= 0.3 is 0 Å². The third-order valence-electron chi connectivity index (χ3n) is 2.94. The molecular formula is C13H14N4S. The molecule has 0 aliphatic heterocycles. The van der Waals surface area contributed by atoms with Crippen molar-refractivity contribution in [3.05, 3.63) is 40.9 Å². The van der Waals surface area contributed by atoms with Gasteiger partial charge in [0.1, 0.15) is 0 Å². The standard InChI is InChI=1S/C13H14N4S/c1-9-4-2-3-5-11(9)12-15-13-17(16-12)10(6-7-14)8-18-13/h2-5,8H,6-7,14H2,1H3. The van der Waals surface area contributed by atoms with Gasteiger partial charge in [0, 0.05) is 17.4 Å². The van der Waals surface area contributed by atoms with Crippen LogP contribution < -0.4 is 5.73 Å². The van der Waals surface area contributed by atoms with Crippen LogP contribution in [0.1, 0.15) is 11.3 Å². The molecule has 0 atom stereocenters. The van der Waals surface area contributed by atoms with E-state index in [0.29, 0.717) is 6.54 Å². The summed E-state index contributed by atoms with van der Waals surface area (Å²) in [7, 11) is 0. The Kier molecular flexibility index (Phi) is 2.85. The van der Waals surface area contributed by atoms with Crippen molar-refractivity contribution < 1.29 is 0 Å². The molecule has 3 aromatic rings. The largest absolute Gasteiger partial charge is 0.330 e. The highest BCUT2D eigenvalue weighted by Crippen LogP contribution is 2.23. The average Bonchev–Trinajstić information content (AvgIpc) is 2.92. The van der Waals surface area contributed by atoms with E-state index in [1.165, 1.54) is 5.56 Å². The zero-order valence-electron chi connectivity index (χ0n) is 10.1. The Morgan fingerprint density at radius 1 is 1.33 bits per heavy atom. The molecule has 2 N–H and O–H groups in total. The minimum absolute atomic E-state index is 0.630. The van der Waals surface area contributed by atoms with Crippen LogP contribution in [-0.4, -0.2) is 21.1 Å².